The van der Waals surface area contributed by atoms with Gasteiger partial charge in [-0.05, 0) is 27.2 Å². The molecule has 2 N–H and O–H groups in total. The molecule has 11 nitrogen and oxygen atoms in total. The summed E-state index contributed by atoms with van der Waals surface area (Å²) >= 11 is 0. The van der Waals surface area contributed by atoms with Crippen molar-refractivity contribution in [1.82, 2.24) is 20.4 Å². The van der Waals surface area contributed by atoms with Crippen molar-refractivity contribution in [3.63, 3.8) is 0 Å². The number of imide groups is 1. The second-order valence-corrected chi connectivity index (χ2v) is 7.81. The van der Waals surface area contributed by atoms with Crippen molar-refractivity contribution in [2.45, 2.75) is 45.3 Å². The van der Waals surface area contributed by atoms with Crippen molar-refractivity contribution in [3.8, 4) is 0 Å². The Labute approximate surface area is 175 Å². The van der Waals surface area contributed by atoms with Crippen LogP contribution in [0.4, 0.5) is 9.59 Å². The summed E-state index contributed by atoms with van der Waals surface area (Å²) in [5, 5.41) is 4.97. The molecule has 0 fully saturated rings. The van der Waals surface area contributed by atoms with Crippen molar-refractivity contribution in [3.05, 3.63) is 12.2 Å². The van der Waals surface area contributed by atoms with Crippen LogP contribution in [0.25, 0.3) is 0 Å². The Morgan fingerprint density at radius 1 is 1.03 bits per heavy atom. The number of nitrogens with zero attached hydrogens (tertiary/aromatic N) is 2. The van der Waals surface area contributed by atoms with Crippen LogP contribution in [0.1, 0.15) is 33.6 Å². The van der Waals surface area contributed by atoms with Crippen LogP contribution in [0.2, 0.25) is 0 Å². The van der Waals surface area contributed by atoms with E-state index in [9.17, 15) is 24.0 Å². The molecule has 0 unspecified atom stereocenters. The van der Waals surface area contributed by atoms with Crippen molar-refractivity contribution < 1.29 is 33.4 Å². The number of nitrogens with one attached hydrogen (secondary N) is 2. The normalized spacial score (nSPS) is 14.4. The number of hydrogen-bond acceptors (Lipinski definition) is 7. The molecule has 0 spiro atoms. The van der Waals surface area contributed by atoms with Crippen LogP contribution in [0, 0.1) is 0 Å². The Kier molecular flexibility index (Phi) is 9.28. The summed E-state index contributed by atoms with van der Waals surface area (Å²) in [6.45, 7) is 5.09. The SMILES string of the molecule is CN(C)C(=O)CCNC(=O)OC[C@H](CCNC(=O)OC(C)(C)C)N1C(=O)C=CC1=O. The Hall–Kier alpha value is -3.11. The predicted molar refractivity (Wildman–Crippen MR) is 106 cm³/mol. The van der Waals surface area contributed by atoms with Crippen LogP contribution in [0.15, 0.2) is 12.2 Å². The summed E-state index contributed by atoms with van der Waals surface area (Å²) in [7, 11) is 3.21. The van der Waals surface area contributed by atoms with Crippen LogP contribution >= 0.6 is 0 Å². The van der Waals surface area contributed by atoms with E-state index in [1.165, 1.54) is 4.90 Å². The minimum Gasteiger partial charge on any atom is -0.447 e. The van der Waals surface area contributed by atoms with E-state index in [-0.39, 0.29) is 38.4 Å². The third-order valence-corrected chi connectivity index (χ3v) is 3.87. The van der Waals surface area contributed by atoms with Crippen LogP contribution in [0.3, 0.4) is 0 Å². The van der Waals surface area contributed by atoms with Gasteiger partial charge in [0.15, 0.2) is 0 Å². The topological polar surface area (TPSA) is 134 Å². The molecule has 0 aromatic rings. The largest absolute Gasteiger partial charge is 0.447 e. The monoisotopic (exact) mass is 426 g/mol. The molecular formula is C19H30N4O7. The summed E-state index contributed by atoms with van der Waals surface area (Å²) in [5.74, 6) is -1.20. The van der Waals surface area contributed by atoms with Gasteiger partial charge in [-0.3, -0.25) is 19.3 Å². The number of rotatable bonds is 9. The molecule has 0 aromatic heterocycles. The van der Waals surface area contributed by atoms with Gasteiger partial charge in [-0.25, -0.2) is 9.59 Å². The molecule has 1 atom stereocenters. The maximum atomic E-state index is 12.0. The van der Waals surface area contributed by atoms with E-state index >= 15 is 0 Å². The molecule has 1 aliphatic rings. The highest BCUT2D eigenvalue weighted by Crippen LogP contribution is 2.13. The number of alkyl carbamates (subject to hydrolysis) is 2. The quantitative estimate of drug-likeness (QED) is 0.510. The molecule has 1 aliphatic heterocycles. The molecule has 0 aliphatic carbocycles. The van der Waals surface area contributed by atoms with Crippen LogP contribution < -0.4 is 10.6 Å². The number of hydrogen-bond donors (Lipinski definition) is 2. The van der Waals surface area contributed by atoms with E-state index in [2.05, 4.69) is 10.6 Å². The lowest BCUT2D eigenvalue weighted by molar-refractivity contribution is -0.140. The highest BCUT2D eigenvalue weighted by Gasteiger charge is 2.32. The summed E-state index contributed by atoms with van der Waals surface area (Å²) in [6.07, 6.45) is 1.11. The van der Waals surface area contributed by atoms with Crippen LogP contribution in [-0.4, -0.2) is 85.1 Å². The van der Waals surface area contributed by atoms with Gasteiger partial charge in [0.2, 0.25) is 5.91 Å². The molecule has 1 heterocycles. The van der Waals surface area contributed by atoms with Gasteiger partial charge in [0.1, 0.15) is 12.2 Å². The fourth-order valence-corrected chi connectivity index (χ4v) is 2.43. The zero-order valence-corrected chi connectivity index (χ0v) is 18.0. The zero-order valence-electron chi connectivity index (χ0n) is 18.0. The third-order valence-electron chi connectivity index (χ3n) is 3.87. The van der Waals surface area contributed by atoms with Gasteiger partial charge < -0.3 is 25.0 Å². The first kappa shape index (κ1) is 24.9. The van der Waals surface area contributed by atoms with Gasteiger partial charge in [0, 0.05) is 45.8 Å². The average Bonchev–Trinajstić information content (AvgIpc) is 2.94. The Morgan fingerprint density at radius 3 is 2.13 bits per heavy atom. The lowest BCUT2D eigenvalue weighted by Gasteiger charge is -2.26. The number of carbonyl (C=O) groups excluding carboxylic acids is 5. The minimum absolute atomic E-state index is 0.0871. The highest BCUT2D eigenvalue weighted by atomic mass is 16.6. The highest BCUT2D eigenvalue weighted by molar-refractivity contribution is 6.13. The average molecular weight is 426 g/mol. The van der Waals surface area contributed by atoms with Crippen molar-refractivity contribution >= 4 is 29.9 Å². The standard InChI is InChI=1S/C19H30N4O7/c1-19(2,3)30-18(28)21-10-8-13(23-15(25)6-7-16(23)26)12-29-17(27)20-11-9-14(24)22(4)5/h6-7,13H,8-12H2,1-5H3,(H,20,27)(H,21,28)/t13-/m0/s1. The second kappa shape index (κ2) is 11.2. The smallest absolute Gasteiger partial charge is 0.407 e. The number of carbonyl (C=O) groups is 5. The van der Waals surface area contributed by atoms with E-state index in [4.69, 9.17) is 9.47 Å². The van der Waals surface area contributed by atoms with Gasteiger partial charge >= 0.3 is 12.2 Å². The molecule has 0 bridgehead atoms. The maximum absolute atomic E-state index is 12.0. The molecule has 5 amide bonds. The van der Waals surface area contributed by atoms with E-state index in [1.807, 2.05) is 0 Å². The van der Waals surface area contributed by atoms with E-state index in [0.717, 1.165) is 17.1 Å². The van der Waals surface area contributed by atoms with Gasteiger partial charge in [0.05, 0.1) is 6.04 Å². The Morgan fingerprint density at radius 2 is 1.60 bits per heavy atom. The van der Waals surface area contributed by atoms with Crippen LogP contribution in [-0.2, 0) is 23.9 Å². The third kappa shape index (κ3) is 8.93. The van der Waals surface area contributed by atoms with Crippen molar-refractivity contribution in [2.24, 2.45) is 0 Å². The predicted octanol–water partition coefficient (Wildman–Crippen LogP) is 0.399. The van der Waals surface area contributed by atoms with Gasteiger partial charge in [-0.15, -0.1) is 0 Å². The van der Waals surface area contributed by atoms with Crippen molar-refractivity contribution in [2.75, 3.05) is 33.8 Å². The summed E-state index contributed by atoms with van der Waals surface area (Å²) < 4.78 is 10.2. The first-order valence-electron chi connectivity index (χ1n) is 9.53. The first-order valence-corrected chi connectivity index (χ1v) is 9.53. The van der Waals surface area contributed by atoms with E-state index in [1.54, 1.807) is 34.9 Å². The van der Waals surface area contributed by atoms with Gasteiger partial charge in [-0.2, -0.15) is 0 Å². The molecule has 11 heteroatoms. The van der Waals surface area contributed by atoms with Crippen molar-refractivity contribution in [1.29, 1.82) is 0 Å². The summed E-state index contributed by atoms with van der Waals surface area (Å²) in [5.41, 5.74) is -0.663. The van der Waals surface area contributed by atoms with Crippen LogP contribution in [0.5, 0.6) is 0 Å². The fourth-order valence-electron chi connectivity index (χ4n) is 2.43. The fraction of sp³-hybridized carbons (Fsp3) is 0.632. The molecule has 168 valence electrons. The molecule has 1 rings (SSSR count). The maximum Gasteiger partial charge on any atom is 0.407 e. The summed E-state index contributed by atoms with van der Waals surface area (Å²) in [6, 6.07) is -0.774. The van der Waals surface area contributed by atoms with E-state index in [0.29, 0.717) is 0 Å². The second-order valence-electron chi connectivity index (χ2n) is 7.81. The minimum atomic E-state index is -0.779. The number of amides is 5. The molecule has 0 aromatic carbocycles. The molecular weight excluding hydrogens is 396 g/mol. The Balaban J connectivity index is 2.55. The van der Waals surface area contributed by atoms with Gasteiger partial charge in [0.25, 0.3) is 11.8 Å². The molecule has 30 heavy (non-hydrogen) atoms. The first-order chi connectivity index (χ1) is 13.9. The lowest BCUT2D eigenvalue weighted by atomic mass is 10.2. The molecule has 0 saturated carbocycles. The number of ether oxygens (including phenoxy) is 2. The van der Waals surface area contributed by atoms with Gasteiger partial charge in [-0.1, -0.05) is 0 Å². The molecule has 0 saturated heterocycles. The zero-order chi connectivity index (χ0) is 22.9. The van der Waals surface area contributed by atoms with E-state index < -0.39 is 35.6 Å². The summed E-state index contributed by atoms with van der Waals surface area (Å²) in [4.78, 5) is 61.4. The Bertz CT molecular complexity index is 679. The molecule has 0 radical (unpaired) electrons. The lowest BCUT2D eigenvalue weighted by Crippen LogP contribution is -2.46.